The van der Waals surface area contributed by atoms with Gasteiger partial charge in [0.2, 0.25) is 10.0 Å². The van der Waals surface area contributed by atoms with Gasteiger partial charge < -0.3 is 10.1 Å². The molecular formula is C16H18FN3O3S2. The maximum atomic E-state index is 12.8. The molecule has 2 N–H and O–H groups in total. The van der Waals surface area contributed by atoms with Crippen molar-refractivity contribution in [1.82, 2.24) is 15.0 Å². The second-order valence-corrected chi connectivity index (χ2v) is 7.41. The highest BCUT2D eigenvalue weighted by Crippen LogP contribution is 2.03. The monoisotopic (exact) mass is 383 g/mol. The summed E-state index contributed by atoms with van der Waals surface area (Å²) in [6.45, 7) is 0.464. The first-order chi connectivity index (χ1) is 11.9. The molecule has 0 aliphatic heterocycles. The van der Waals surface area contributed by atoms with Gasteiger partial charge in [0.15, 0.2) is 0 Å². The molecule has 0 aliphatic rings. The van der Waals surface area contributed by atoms with E-state index in [1.165, 1.54) is 24.3 Å². The van der Waals surface area contributed by atoms with E-state index in [1.54, 1.807) is 18.5 Å². The molecule has 2 rings (SSSR count). The SMILES string of the molecule is O=S(=O)(CCOC(=S)NCc1cccnc1)NCc1ccc(F)cc1. The van der Waals surface area contributed by atoms with Crippen LogP contribution >= 0.6 is 12.2 Å². The van der Waals surface area contributed by atoms with Crippen LogP contribution < -0.4 is 10.0 Å². The lowest BCUT2D eigenvalue weighted by molar-refractivity contribution is 0.320. The number of ether oxygens (including phenoxy) is 1. The first-order valence-electron chi connectivity index (χ1n) is 7.46. The number of pyridine rings is 1. The Balaban J connectivity index is 1.67. The third-order valence-corrected chi connectivity index (χ3v) is 4.70. The van der Waals surface area contributed by atoms with Crippen molar-refractivity contribution < 1.29 is 17.5 Å². The van der Waals surface area contributed by atoms with E-state index >= 15 is 0 Å². The highest BCUT2D eigenvalue weighted by molar-refractivity contribution is 7.89. The number of rotatable bonds is 8. The fourth-order valence-corrected chi connectivity index (χ4v) is 2.83. The predicted molar refractivity (Wildman–Crippen MR) is 96.7 cm³/mol. The molecule has 0 fully saturated rings. The molecule has 1 heterocycles. The topological polar surface area (TPSA) is 80.3 Å². The second kappa shape index (κ2) is 9.40. The van der Waals surface area contributed by atoms with Crippen LogP contribution in [0.5, 0.6) is 0 Å². The molecule has 0 saturated carbocycles. The molecule has 0 amide bonds. The molecule has 25 heavy (non-hydrogen) atoms. The standard InChI is InChI=1S/C16H18FN3O3S2/c17-15-5-3-13(4-6-15)12-20-25(21,22)9-8-23-16(24)19-11-14-2-1-7-18-10-14/h1-7,10,20H,8-9,11-12H2,(H,19,24). The van der Waals surface area contributed by atoms with Gasteiger partial charge in [-0.2, -0.15) is 0 Å². The highest BCUT2D eigenvalue weighted by atomic mass is 32.2. The molecule has 0 radical (unpaired) electrons. The first kappa shape index (κ1) is 19.2. The third-order valence-electron chi connectivity index (χ3n) is 3.15. The average Bonchev–Trinajstić information content (AvgIpc) is 2.60. The summed E-state index contributed by atoms with van der Waals surface area (Å²) in [5.74, 6) is -0.601. The van der Waals surface area contributed by atoms with E-state index in [9.17, 15) is 12.8 Å². The van der Waals surface area contributed by atoms with Crippen molar-refractivity contribution in [2.24, 2.45) is 0 Å². The van der Waals surface area contributed by atoms with Gasteiger partial charge >= 0.3 is 0 Å². The lowest BCUT2D eigenvalue weighted by Gasteiger charge is -2.10. The smallest absolute Gasteiger partial charge is 0.256 e. The summed E-state index contributed by atoms with van der Waals surface area (Å²) >= 11 is 4.99. The minimum Gasteiger partial charge on any atom is -0.470 e. The zero-order chi connectivity index (χ0) is 18.1. The summed E-state index contributed by atoms with van der Waals surface area (Å²) in [7, 11) is -3.52. The van der Waals surface area contributed by atoms with Crippen molar-refractivity contribution in [2.45, 2.75) is 13.1 Å². The van der Waals surface area contributed by atoms with E-state index in [0.29, 0.717) is 12.1 Å². The Kier molecular flexibility index (Phi) is 7.23. The van der Waals surface area contributed by atoms with E-state index in [-0.39, 0.29) is 29.9 Å². The summed E-state index contributed by atoms with van der Waals surface area (Å²) < 4.78 is 44.2. The fourth-order valence-electron chi connectivity index (χ4n) is 1.84. The average molecular weight is 383 g/mol. The summed E-state index contributed by atoms with van der Waals surface area (Å²) in [5, 5.41) is 2.99. The second-order valence-electron chi connectivity index (χ2n) is 5.12. The van der Waals surface area contributed by atoms with Gasteiger partial charge in [-0.25, -0.2) is 17.5 Å². The molecule has 0 unspecified atom stereocenters. The lowest BCUT2D eigenvalue weighted by Crippen LogP contribution is -2.30. The van der Waals surface area contributed by atoms with E-state index < -0.39 is 10.0 Å². The van der Waals surface area contributed by atoms with Crippen LogP contribution in [0.4, 0.5) is 4.39 Å². The van der Waals surface area contributed by atoms with Crippen molar-refractivity contribution in [3.8, 4) is 0 Å². The number of sulfonamides is 1. The van der Waals surface area contributed by atoms with Gasteiger partial charge in [-0.1, -0.05) is 18.2 Å². The Morgan fingerprint density at radius 1 is 1.16 bits per heavy atom. The van der Waals surface area contributed by atoms with Gasteiger partial charge in [-0.15, -0.1) is 0 Å². The van der Waals surface area contributed by atoms with Crippen molar-refractivity contribution >= 4 is 27.4 Å². The molecule has 2 aromatic rings. The van der Waals surface area contributed by atoms with Crippen LogP contribution in [-0.4, -0.2) is 30.9 Å². The van der Waals surface area contributed by atoms with E-state index in [0.717, 1.165) is 5.56 Å². The lowest BCUT2D eigenvalue weighted by atomic mass is 10.2. The maximum absolute atomic E-state index is 12.8. The van der Waals surface area contributed by atoms with E-state index in [2.05, 4.69) is 15.0 Å². The molecular weight excluding hydrogens is 365 g/mol. The van der Waals surface area contributed by atoms with Crippen LogP contribution in [0.1, 0.15) is 11.1 Å². The molecule has 1 aromatic heterocycles. The summed E-state index contributed by atoms with van der Waals surface area (Å²) in [5.41, 5.74) is 1.60. The molecule has 1 aromatic carbocycles. The van der Waals surface area contributed by atoms with E-state index in [1.807, 2.05) is 6.07 Å². The first-order valence-corrected chi connectivity index (χ1v) is 9.52. The minimum atomic E-state index is -3.52. The molecule has 134 valence electrons. The maximum Gasteiger partial charge on any atom is 0.256 e. The quantitative estimate of drug-likeness (QED) is 0.676. The number of thiocarbonyl (C=S) groups is 1. The molecule has 0 atom stereocenters. The normalized spacial score (nSPS) is 11.1. The van der Waals surface area contributed by atoms with Crippen molar-refractivity contribution in [1.29, 1.82) is 0 Å². The van der Waals surface area contributed by atoms with Crippen LogP contribution in [0.2, 0.25) is 0 Å². The number of hydrogen-bond acceptors (Lipinski definition) is 5. The van der Waals surface area contributed by atoms with Gasteiger partial charge in [-0.05, 0) is 41.5 Å². The summed E-state index contributed by atoms with van der Waals surface area (Å²) in [4.78, 5) is 3.97. The fraction of sp³-hybridized carbons (Fsp3) is 0.250. The minimum absolute atomic E-state index is 0.0718. The van der Waals surface area contributed by atoms with Gasteiger partial charge in [0.25, 0.3) is 5.17 Å². The Morgan fingerprint density at radius 3 is 2.60 bits per heavy atom. The van der Waals surface area contributed by atoms with Crippen LogP contribution in [0, 0.1) is 5.82 Å². The van der Waals surface area contributed by atoms with Crippen LogP contribution in [-0.2, 0) is 27.8 Å². The Morgan fingerprint density at radius 2 is 1.92 bits per heavy atom. The molecule has 0 bridgehead atoms. The summed E-state index contributed by atoms with van der Waals surface area (Å²) in [6, 6.07) is 9.28. The van der Waals surface area contributed by atoms with Gasteiger partial charge in [0, 0.05) is 25.5 Å². The molecule has 0 aliphatic carbocycles. The number of nitrogens with one attached hydrogen (secondary N) is 2. The number of aromatic nitrogens is 1. The molecule has 9 heteroatoms. The predicted octanol–water partition coefficient (Wildman–Crippen LogP) is 1.73. The Hall–Kier alpha value is -2.10. The van der Waals surface area contributed by atoms with Crippen LogP contribution in [0.15, 0.2) is 48.8 Å². The Labute approximate surface area is 151 Å². The molecule has 0 spiro atoms. The number of nitrogens with zero attached hydrogens (tertiary/aromatic N) is 1. The number of halogens is 1. The van der Waals surface area contributed by atoms with Gasteiger partial charge in [0.1, 0.15) is 12.4 Å². The number of hydrogen-bond donors (Lipinski definition) is 2. The van der Waals surface area contributed by atoms with Gasteiger partial charge in [0.05, 0.1) is 5.75 Å². The van der Waals surface area contributed by atoms with Crippen LogP contribution in [0.3, 0.4) is 0 Å². The van der Waals surface area contributed by atoms with Gasteiger partial charge in [-0.3, -0.25) is 4.98 Å². The zero-order valence-corrected chi connectivity index (χ0v) is 14.9. The van der Waals surface area contributed by atoms with Crippen molar-refractivity contribution in [3.05, 3.63) is 65.7 Å². The van der Waals surface area contributed by atoms with Crippen molar-refractivity contribution in [3.63, 3.8) is 0 Å². The summed E-state index contributed by atoms with van der Waals surface area (Å²) in [6.07, 6.45) is 3.36. The zero-order valence-electron chi connectivity index (χ0n) is 13.3. The Bertz CT molecular complexity index is 784. The molecule has 6 nitrogen and oxygen atoms in total. The van der Waals surface area contributed by atoms with Crippen LogP contribution in [0.25, 0.3) is 0 Å². The number of benzene rings is 1. The highest BCUT2D eigenvalue weighted by Gasteiger charge is 2.11. The van der Waals surface area contributed by atoms with Crippen molar-refractivity contribution in [2.75, 3.05) is 12.4 Å². The third kappa shape index (κ3) is 7.55. The molecule has 0 saturated heterocycles. The largest absolute Gasteiger partial charge is 0.470 e. The van der Waals surface area contributed by atoms with E-state index in [4.69, 9.17) is 17.0 Å².